The molecule has 1 heterocycles. The number of aliphatic carboxylic acids is 1. The molecule has 1 aliphatic rings. The first-order valence-corrected chi connectivity index (χ1v) is 4.79. The number of hydrogen-bond acceptors (Lipinski definition) is 5. The predicted octanol–water partition coefficient (Wildman–Crippen LogP) is -0.0619. The summed E-state index contributed by atoms with van der Waals surface area (Å²) in [4.78, 5) is 15.3. The van der Waals surface area contributed by atoms with E-state index in [-0.39, 0.29) is 6.42 Å². The number of benzene rings is 1. The average molecular weight is 220 g/mol. The molecule has 0 bridgehead atoms. The van der Waals surface area contributed by atoms with Crippen LogP contribution in [0.25, 0.3) is 0 Å². The molecule has 0 spiro atoms. The van der Waals surface area contributed by atoms with Crippen molar-refractivity contribution in [2.24, 2.45) is 5.16 Å². The minimum Gasteiger partial charge on any atom is -0.546 e. The molecule has 0 N–H and O–H groups in total. The van der Waals surface area contributed by atoms with Gasteiger partial charge in [-0.2, -0.15) is 0 Å². The van der Waals surface area contributed by atoms with Gasteiger partial charge in [-0.3, -0.25) is 0 Å². The predicted molar refractivity (Wildman–Crippen MR) is 54.0 cm³/mol. The Morgan fingerprint density at radius 2 is 2.31 bits per heavy atom. The summed E-state index contributed by atoms with van der Waals surface area (Å²) in [5, 5.41) is 14.3. The van der Waals surface area contributed by atoms with Gasteiger partial charge < -0.3 is 19.5 Å². The van der Waals surface area contributed by atoms with E-state index in [0.717, 1.165) is 5.56 Å². The van der Waals surface area contributed by atoms with Crippen molar-refractivity contribution in [1.82, 2.24) is 0 Å². The number of carboxylic acid groups (broad SMARTS) is 1. The minimum absolute atomic E-state index is 0.197. The SMILES string of the molecule is COc1ccccc1C1=NO[C@@H](C(=O)[O-])C1. The van der Waals surface area contributed by atoms with Crippen LogP contribution in [-0.4, -0.2) is 24.9 Å². The fourth-order valence-electron chi connectivity index (χ4n) is 1.55. The van der Waals surface area contributed by atoms with E-state index in [2.05, 4.69) is 5.16 Å². The fourth-order valence-corrected chi connectivity index (χ4v) is 1.55. The van der Waals surface area contributed by atoms with Crippen LogP contribution in [0.3, 0.4) is 0 Å². The summed E-state index contributed by atoms with van der Waals surface area (Å²) in [6.07, 6.45) is -0.803. The van der Waals surface area contributed by atoms with Crippen LogP contribution in [0.1, 0.15) is 12.0 Å². The highest BCUT2D eigenvalue weighted by atomic mass is 16.7. The van der Waals surface area contributed by atoms with Crippen LogP contribution in [0.15, 0.2) is 29.4 Å². The van der Waals surface area contributed by atoms with E-state index in [4.69, 9.17) is 9.57 Å². The normalized spacial score (nSPS) is 18.8. The molecule has 0 saturated carbocycles. The number of carboxylic acids is 1. The number of carbonyl (C=O) groups excluding carboxylic acids is 1. The van der Waals surface area contributed by atoms with E-state index in [9.17, 15) is 9.90 Å². The Hall–Kier alpha value is -2.04. The van der Waals surface area contributed by atoms with Crippen LogP contribution < -0.4 is 9.84 Å². The van der Waals surface area contributed by atoms with Gasteiger partial charge in [0.2, 0.25) is 0 Å². The van der Waals surface area contributed by atoms with E-state index >= 15 is 0 Å². The lowest BCUT2D eigenvalue weighted by molar-refractivity contribution is -0.315. The summed E-state index contributed by atoms with van der Waals surface area (Å²) in [5.74, 6) is -0.613. The highest BCUT2D eigenvalue weighted by molar-refractivity contribution is 6.05. The van der Waals surface area contributed by atoms with Gasteiger partial charge in [0.05, 0.1) is 18.8 Å². The number of ether oxygens (including phenoxy) is 1. The number of methoxy groups -OCH3 is 1. The molecule has 2 rings (SSSR count). The van der Waals surface area contributed by atoms with E-state index in [1.165, 1.54) is 0 Å². The van der Waals surface area contributed by atoms with Crippen molar-refractivity contribution < 1.29 is 19.5 Å². The molecule has 0 radical (unpaired) electrons. The third-order valence-corrected chi connectivity index (χ3v) is 2.35. The highest BCUT2D eigenvalue weighted by Crippen LogP contribution is 2.24. The lowest BCUT2D eigenvalue weighted by atomic mass is 10.0. The van der Waals surface area contributed by atoms with Gasteiger partial charge in [-0.05, 0) is 12.1 Å². The van der Waals surface area contributed by atoms with Crippen LogP contribution in [0.5, 0.6) is 5.75 Å². The van der Waals surface area contributed by atoms with Gasteiger partial charge in [0.15, 0.2) is 6.10 Å². The molecule has 5 nitrogen and oxygen atoms in total. The summed E-state index contributed by atoms with van der Waals surface area (Å²) >= 11 is 0. The monoisotopic (exact) mass is 220 g/mol. The molecule has 0 aliphatic carbocycles. The Kier molecular flexibility index (Phi) is 2.76. The van der Waals surface area contributed by atoms with E-state index < -0.39 is 12.1 Å². The van der Waals surface area contributed by atoms with Crippen molar-refractivity contribution in [3.05, 3.63) is 29.8 Å². The van der Waals surface area contributed by atoms with E-state index in [0.29, 0.717) is 11.5 Å². The maximum atomic E-state index is 10.6. The van der Waals surface area contributed by atoms with Crippen molar-refractivity contribution in [3.8, 4) is 5.75 Å². The van der Waals surface area contributed by atoms with E-state index in [1.807, 2.05) is 12.1 Å². The first kappa shape index (κ1) is 10.5. The van der Waals surface area contributed by atoms with Crippen molar-refractivity contribution in [1.29, 1.82) is 0 Å². The fraction of sp³-hybridized carbons (Fsp3) is 0.273. The molecule has 0 fully saturated rings. The Morgan fingerprint density at radius 1 is 1.56 bits per heavy atom. The molecule has 0 aromatic heterocycles. The van der Waals surface area contributed by atoms with Crippen molar-refractivity contribution in [3.63, 3.8) is 0 Å². The van der Waals surface area contributed by atoms with Gasteiger partial charge in [-0.15, -0.1) is 0 Å². The number of nitrogens with zero attached hydrogens (tertiary/aromatic N) is 1. The summed E-state index contributed by atoms with van der Waals surface area (Å²) in [6.45, 7) is 0. The molecule has 1 aromatic carbocycles. The van der Waals surface area contributed by atoms with Gasteiger partial charge in [-0.1, -0.05) is 17.3 Å². The Balaban J connectivity index is 2.23. The van der Waals surface area contributed by atoms with Gasteiger partial charge >= 0.3 is 0 Å². The van der Waals surface area contributed by atoms with Crippen molar-refractivity contribution in [2.75, 3.05) is 7.11 Å². The molecule has 1 atom stereocenters. The van der Waals surface area contributed by atoms with Crippen LogP contribution in [0, 0.1) is 0 Å². The molecule has 1 aromatic rings. The minimum atomic E-state index is -1.26. The Labute approximate surface area is 92.3 Å². The average Bonchev–Trinajstić information content (AvgIpc) is 2.78. The number of oxime groups is 1. The molecular weight excluding hydrogens is 210 g/mol. The van der Waals surface area contributed by atoms with Gasteiger partial charge in [0, 0.05) is 12.0 Å². The third-order valence-electron chi connectivity index (χ3n) is 2.35. The third kappa shape index (κ3) is 1.84. The van der Waals surface area contributed by atoms with Gasteiger partial charge in [0.25, 0.3) is 0 Å². The number of rotatable bonds is 3. The summed E-state index contributed by atoms with van der Waals surface area (Å²) in [7, 11) is 1.55. The van der Waals surface area contributed by atoms with Crippen molar-refractivity contribution >= 4 is 11.7 Å². The van der Waals surface area contributed by atoms with Crippen LogP contribution >= 0.6 is 0 Å². The molecule has 16 heavy (non-hydrogen) atoms. The summed E-state index contributed by atoms with van der Waals surface area (Å²) < 4.78 is 5.15. The first-order valence-electron chi connectivity index (χ1n) is 4.79. The van der Waals surface area contributed by atoms with Crippen LogP contribution in [0.2, 0.25) is 0 Å². The smallest absolute Gasteiger partial charge is 0.172 e. The summed E-state index contributed by atoms with van der Waals surface area (Å²) in [6, 6.07) is 7.24. The van der Waals surface area contributed by atoms with Gasteiger partial charge in [-0.25, -0.2) is 0 Å². The molecule has 0 saturated heterocycles. The highest BCUT2D eigenvalue weighted by Gasteiger charge is 2.24. The molecule has 5 heteroatoms. The van der Waals surface area contributed by atoms with E-state index in [1.54, 1.807) is 19.2 Å². The molecule has 84 valence electrons. The standard InChI is InChI=1S/C11H11NO4/c1-15-9-5-3-2-4-7(9)8-6-10(11(13)14)16-12-8/h2-5,10H,6H2,1H3,(H,13,14)/p-1/t10-/m1/s1. The molecule has 1 aliphatic heterocycles. The molecule has 0 amide bonds. The maximum absolute atomic E-state index is 10.6. The second-order valence-corrected chi connectivity index (χ2v) is 3.36. The Morgan fingerprint density at radius 3 is 2.94 bits per heavy atom. The van der Waals surface area contributed by atoms with Crippen LogP contribution in [-0.2, 0) is 9.63 Å². The lowest BCUT2D eigenvalue weighted by Crippen LogP contribution is -2.35. The zero-order valence-electron chi connectivity index (χ0n) is 8.67. The van der Waals surface area contributed by atoms with Crippen LogP contribution in [0.4, 0.5) is 0 Å². The van der Waals surface area contributed by atoms with Crippen molar-refractivity contribution in [2.45, 2.75) is 12.5 Å². The largest absolute Gasteiger partial charge is 0.546 e. The first-order chi connectivity index (χ1) is 7.72. The Bertz CT molecular complexity index is 441. The second kappa shape index (κ2) is 4.22. The summed E-state index contributed by atoms with van der Waals surface area (Å²) in [5.41, 5.74) is 1.31. The molecule has 0 unspecified atom stereocenters. The zero-order valence-corrected chi connectivity index (χ0v) is 8.67. The number of para-hydroxylation sites is 1. The lowest BCUT2D eigenvalue weighted by Gasteiger charge is -2.08. The number of hydrogen-bond donors (Lipinski definition) is 0. The quantitative estimate of drug-likeness (QED) is 0.715. The molecular formula is C11H10NO4-. The van der Waals surface area contributed by atoms with Gasteiger partial charge in [0.1, 0.15) is 5.75 Å². The zero-order chi connectivity index (χ0) is 11.5. The maximum Gasteiger partial charge on any atom is 0.172 e. The number of carbonyl (C=O) groups is 1. The topological polar surface area (TPSA) is 71.0 Å². The second-order valence-electron chi connectivity index (χ2n) is 3.36.